The monoisotopic (exact) mass is 441 g/mol. The van der Waals surface area contributed by atoms with E-state index in [2.05, 4.69) is 40.4 Å². The maximum Gasteiger partial charge on any atom is 0.258 e. The molecule has 166 valence electrons. The molecule has 31 heavy (non-hydrogen) atoms. The van der Waals surface area contributed by atoms with Crippen LogP contribution in [0.25, 0.3) is 0 Å². The zero-order valence-corrected chi connectivity index (χ0v) is 19.0. The first kappa shape index (κ1) is 22.0. The molecule has 4 rings (SSSR count). The minimum absolute atomic E-state index is 0.00331. The summed E-state index contributed by atoms with van der Waals surface area (Å²) in [7, 11) is 2.17. The van der Waals surface area contributed by atoms with Crippen molar-refractivity contribution in [1.29, 1.82) is 0 Å². The molecular weight excluding hydrogens is 410 g/mol. The fourth-order valence-corrected chi connectivity index (χ4v) is 4.77. The van der Waals surface area contributed by atoms with Crippen molar-refractivity contribution in [2.45, 2.75) is 38.1 Å². The van der Waals surface area contributed by atoms with Crippen molar-refractivity contribution in [3.8, 4) is 5.75 Å². The van der Waals surface area contributed by atoms with Crippen molar-refractivity contribution in [2.75, 3.05) is 44.7 Å². The molecule has 0 unspecified atom stereocenters. The molecule has 0 aliphatic carbocycles. The number of piperidine rings is 1. The fraction of sp³-hybridized carbons (Fsp3) is 0.480. The Labute approximate surface area is 190 Å². The lowest BCUT2D eigenvalue weighted by Crippen LogP contribution is -2.41. The van der Waals surface area contributed by atoms with E-state index in [0.29, 0.717) is 17.3 Å². The van der Waals surface area contributed by atoms with Crippen LogP contribution in [0.3, 0.4) is 0 Å². The number of aryl methyl sites for hydroxylation is 1. The van der Waals surface area contributed by atoms with Crippen molar-refractivity contribution in [3.63, 3.8) is 0 Å². The first-order chi connectivity index (χ1) is 15.1. The molecule has 0 saturated carbocycles. The first-order valence-corrected chi connectivity index (χ1v) is 11.7. The molecule has 1 saturated heterocycles. The zero-order chi connectivity index (χ0) is 21.6. The Morgan fingerprint density at radius 1 is 1.06 bits per heavy atom. The van der Waals surface area contributed by atoms with Gasteiger partial charge in [-0.2, -0.15) is 0 Å². The number of ether oxygens (including phenoxy) is 1. The molecule has 0 aromatic heterocycles. The van der Waals surface area contributed by atoms with E-state index in [-0.39, 0.29) is 18.6 Å². The highest BCUT2D eigenvalue weighted by Gasteiger charge is 2.24. The Morgan fingerprint density at radius 2 is 1.84 bits per heavy atom. The van der Waals surface area contributed by atoms with Crippen LogP contribution in [0, 0.1) is 0 Å². The third kappa shape index (κ3) is 5.72. The topological polar surface area (TPSA) is 44.8 Å². The van der Waals surface area contributed by atoms with E-state index in [1.807, 2.05) is 0 Å². The molecule has 1 atom stereocenters. The maximum atomic E-state index is 12.5. The summed E-state index contributed by atoms with van der Waals surface area (Å²) in [5.74, 6) is 0.542. The Balaban J connectivity index is 1.42. The summed E-state index contributed by atoms with van der Waals surface area (Å²) in [5.41, 5.74) is 4.06. The van der Waals surface area contributed by atoms with E-state index in [9.17, 15) is 4.79 Å². The number of fused-ring (bicyclic) bond motifs is 1. The van der Waals surface area contributed by atoms with Crippen molar-refractivity contribution in [3.05, 3.63) is 58.6 Å². The summed E-state index contributed by atoms with van der Waals surface area (Å²) < 4.78 is 5.60. The number of carbonyl (C=O) groups is 1. The van der Waals surface area contributed by atoms with Crippen LogP contribution in [-0.4, -0.2) is 50.6 Å². The molecular formula is C25H32ClN3O2. The number of halogens is 1. The lowest BCUT2D eigenvalue weighted by molar-refractivity contribution is -0.123. The van der Waals surface area contributed by atoms with Gasteiger partial charge in [-0.3, -0.25) is 9.69 Å². The van der Waals surface area contributed by atoms with Gasteiger partial charge in [-0.1, -0.05) is 30.2 Å². The number of anilines is 1. The quantitative estimate of drug-likeness (QED) is 0.689. The second kappa shape index (κ2) is 10.4. The van der Waals surface area contributed by atoms with Gasteiger partial charge in [0.1, 0.15) is 5.75 Å². The van der Waals surface area contributed by atoms with Crippen LogP contribution in [0.1, 0.15) is 42.9 Å². The van der Waals surface area contributed by atoms with Crippen molar-refractivity contribution in [1.82, 2.24) is 10.2 Å². The maximum absolute atomic E-state index is 12.5. The molecule has 6 heteroatoms. The van der Waals surface area contributed by atoms with E-state index in [4.69, 9.17) is 16.3 Å². The summed E-state index contributed by atoms with van der Waals surface area (Å²) in [6, 6.07) is 14.1. The number of carbonyl (C=O) groups excluding carboxylic acids is 1. The number of nitrogens with zero attached hydrogens (tertiary/aromatic N) is 2. The average Bonchev–Trinajstić information content (AvgIpc) is 2.80. The molecule has 0 spiro atoms. The molecule has 2 aromatic carbocycles. The second-order valence-corrected chi connectivity index (χ2v) is 9.01. The standard InChI is InChI=1S/C25H32ClN3O2/c1-28-13-5-6-19-16-20(7-12-23(19)28)24(29-14-3-2-4-15-29)17-27-25(30)18-31-22-10-8-21(26)9-11-22/h7-12,16,24H,2-6,13-15,17-18H2,1H3,(H,27,30)/t24-/m0/s1. The minimum atomic E-state index is -0.102. The summed E-state index contributed by atoms with van der Waals surface area (Å²) >= 11 is 5.90. The lowest BCUT2D eigenvalue weighted by Gasteiger charge is -2.36. The number of nitrogens with one attached hydrogen (secondary N) is 1. The smallest absolute Gasteiger partial charge is 0.258 e. The molecule has 1 fully saturated rings. The molecule has 1 N–H and O–H groups in total. The van der Waals surface area contributed by atoms with E-state index in [1.165, 1.54) is 42.5 Å². The lowest BCUT2D eigenvalue weighted by atomic mass is 9.95. The van der Waals surface area contributed by atoms with Crippen LogP contribution in [0.5, 0.6) is 5.75 Å². The second-order valence-electron chi connectivity index (χ2n) is 8.57. The van der Waals surface area contributed by atoms with Crippen LogP contribution < -0.4 is 15.0 Å². The molecule has 0 bridgehead atoms. The van der Waals surface area contributed by atoms with Gasteiger partial charge in [0.05, 0.1) is 6.04 Å². The number of amides is 1. The Kier molecular flexibility index (Phi) is 7.36. The summed E-state index contributed by atoms with van der Waals surface area (Å²) in [6.45, 7) is 3.88. The predicted molar refractivity (Wildman–Crippen MR) is 126 cm³/mol. The predicted octanol–water partition coefficient (Wildman–Crippen LogP) is 4.44. The third-order valence-corrected chi connectivity index (χ3v) is 6.60. The molecule has 5 nitrogen and oxygen atoms in total. The molecule has 1 amide bonds. The Hall–Kier alpha value is -2.24. The van der Waals surface area contributed by atoms with Gasteiger partial charge in [-0.15, -0.1) is 0 Å². The average molecular weight is 442 g/mol. The van der Waals surface area contributed by atoms with Gasteiger partial charge in [0.2, 0.25) is 0 Å². The number of benzene rings is 2. The molecule has 2 aliphatic heterocycles. The first-order valence-electron chi connectivity index (χ1n) is 11.3. The van der Waals surface area contributed by atoms with Crippen LogP contribution >= 0.6 is 11.6 Å². The third-order valence-electron chi connectivity index (χ3n) is 6.35. The molecule has 0 radical (unpaired) electrons. The highest BCUT2D eigenvalue weighted by Crippen LogP contribution is 2.31. The van der Waals surface area contributed by atoms with Crippen molar-refractivity contribution >= 4 is 23.2 Å². The van der Waals surface area contributed by atoms with E-state index in [1.54, 1.807) is 24.3 Å². The van der Waals surface area contributed by atoms with Gasteiger partial charge in [-0.25, -0.2) is 0 Å². The van der Waals surface area contributed by atoms with Crippen LogP contribution in [0.4, 0.5) is 5.69 Å². The Bertz CT molecular complexity index is 881. The SMILES string of the molecule is CN1CCCc2cc([C@H](CNC(=O)COc3ccc(Cl)cc3)N3CCCCC3)ccc21. The highest BCUT2D eigenvalue weighted by molar-refractivity contribution is 6.30. The van der Waals surface area contributed by atoms with E-state index in [0.717, 1.165) is 26.1 Å². The van der Waals surface area contributed by atoms with Gasteiger partial charge in [0, 0.05) is 30.8 Å². The number of hydrogen-bond donors (Lipinski definition) is 1. The molecule has 2 heterocycles. The highest BCUT2D eigenvalue weighted by atomic mass is 35.5. The fourth-order valence-electron chi connectivity index (χ4n) is 4.64. The van der Waals surface area contributed by atoms with Crippen molar-refractivity contribution < 1.29 is 9.53 Å². The summed E-state index contributed by atoms with van der Waals surface area (Å²) in [6.07, 6.45) is 6.05. The van der Waals surface area contributed by atoms with Crippen LogP contribution in [-0.2, 0) is 11.2 Å². The van der Waals surface area contributed by atoms with Crippen LogP contribution in [0.15, 0.2) is 42.5 Å². The normalized spacial score (nSPS) is 17.7. The Morgan fingerprint density at radius 3 is 2.61 bits per heavy atom. The molecule has 2 aliphatic rings. The molecule has 2 aromatic rings. The zero-order valence-electron chi connectivity index (χ0n) is 18.3. The van der Waals surface area contributed by atoms with Gasteiger partial charge in [-0.05, 0) is 80.2 Å². The number of rotatable bonds is 7. The minimum Gasteiger partial charge on any atom is -0.484 e. The van der Waals surface area contributed by atoms with E-state index < -0.39 is 0 Å². The van der Waals surface area contributed by atoms with Gasteiger partial charge in [0.15, 0.2) is 6.61 Å². The van der Waals surface area contributed by atoms with Crippen molar-refractivity contribution in [2.24, 2.45) is 0 Å². The van der Waals surface area contributed by atoms with Gasteiger partial charge in [0.25, 0.3) is 5.91 Å². The van der Waals surface area contributed by atoms with Crippen LogP contribution in [0.2, 0.25) is 5.02 Å². The number of likely N-dealkylation sites (tertiary alicyclic amines) is 1. The van der Waals surface area contributed by atoms with Gasteiger partial charge < -0.3 is 15.0 Å². The number of hydrogen-bond acceptors (Lipinski definition) is 4. The van der Waals surface area contributed by atoms with Gasteiger partial charge >= 0.3 is 0 Å². The summed E-state index contributed by atoms with van der Waals surface area (Å²) in [4.78, 5) is 17.4. The largest absolute Gasteiger partial charge is 0.484 e. The van der Waals surface area contributed by atoms with E-state index >= 15 is 0 Å². The summed E-state index contributed by atoms with van der Waals surface area (Å²) in [5, 5.41) is 3.76.